The van der Waals surface area contributed by atoms with E-state index in [2.05, 4.69) is 0 Å². The topological polar surface area (TPSA) is 57.6 Å². The quantitative estimate of drug-likeness (QED) is 0.827. The summed E-state index contributed by atoms with van der Waals surface area (Å²) < 4.78 is 0. The first-order chi connectivity index (χ1) is 8.40. The predicted octanol–water partition coefficient (Wildman–Crippen LogP) is 1.90. The Morgan fingerprint density at radius 1 is 1.22 bits per heavy atom. The Morgan fingerprint density at radius 3 is 2.44 bits per heavy atom. The Kier molecular flexibility index (Phi) is 4.66. The second-order valence-corrected chi connectivity index (χ2v) is 4.28. The van der Waals surface area contributed by atoms with Gasteiger partial charge in [0.05, 0.1) is 0 Å². The summed E-state index contributed by atoms with van der Waals surface area (Å²) >= 11 is 0. The molecule has 1 aromatic rings. The predicted molar refractivity (Wildman–Crippen MR) is 69.2 cm³/mol. The largest absolute Gasteiger partial charge is 0.478 e. The van der Waals surface area contributed by atoms with Crippen molar-refractivity contribution >= 4 is 11.9 Å². The maximum atomic E-state index is 11.6. The molecule has 0 fully saturated rings. The highest BCUT2D eigenvalue weighted by molar-refractivity contribution is 5.93. The zero-order valence-electron chi connectivity index (χ0n) is 10.8. The number of aryl methyl sites for hydroxylation is 2. The fraction of sp³-hybridized carbons (Fsp3) is 0.286. The second kappa shape index (κ2) is 6.00. The van der Waals surface area contributed by atoms with Gasteiger partial charge in [0.1, 0.15) is 0 Å². The molecule has 4 heteroatoms. The van der Waals surface area contributed by atoms with Crippen LogP contribution in [0.3, 0.4) is 0 Å². The number of carboxylic acid groups (broad SMARTS) is 1. The Labute approximate surface area is 107 Å². The third-order valence-electron chi connectivity index (χ3n) is 2.74. The van der Waals surface area contributed by atoms with Crippen molar-refractivity contribution in [1.29, 1.82) is 0 Å². The number of amides is 1. The Balaban J connectivity index is 2.69. The van der Waals surface area contributed by atoms with E-state index in [1.54, 1.807) is 7.05 Å². The van der Waals surface area contributed by atoms with Gasteiger partial charge in [-0.25, -0.2) is 4.79 Å². The molecular formula is C14H17NO3. The van der Waals surface area contributed by atoms with Crippen LogP contribution in [0.25, 0.3) is 0 Å². The van der Waals surface area contributed by atoms with Crippen LogP contribution in [0.4, 0.5) is 0 Å². The zero-order valence-corrected chi connectivity index (χ0v) is 10.8. The molecule has 1 rings (SSSR count). The van der Waals surface area contributed by atoms with Crippen LogP contribution < -0.4 is 0 Å². The van der Waals surface area contributed by atoms with E-state index in [1.165, 1.54) is 16.0 Å². The lowest BCUT2D eigenvalue weighted by atomic mass is 10.1. The number of hydrogen-bond acceptors (Lipinski definition) is 2. The number of rotatable bonds is 4. The lowest BCUT2D eigenvalue weighted by molar-refractivity contribution is -0.132. The lowest BCUT2D eigenvalue weighted by Crippen LogP contribution is -2.24. The summed E-state index contributed by atoms with van der Waals surface area (Å²) in [7, 11) is 1.64. The molecule has 18 heavy (non-hydrogen) atoms. The van der Waals surface area contributed by atoms with Gasteiger partial charge in [-0.2, -0.15) is 0 Å². The summed E-state index contributed by atoms with van der Waals surface area (Å²) in [5.41, 5.74) is 3.41. The van der Waals surface area contributed by atoms with Crippen LogP contribution in [0.1, 0.15) is 16.7 Å². The van der Waals surface area contributed by atoms with E-state index in [1.807, 2.05) is 32.0 Å². The number of hydrogen-bond donors (Lipinski definition) is 1. The number of likely N-dealkylation sites (N-methyl/N-ethyl adjacent to an activating group) is 1. The van der Waals surface area contributed by atoms with E-state index >= 15 is 0 Å². The minimum Gasteiger partial charge on any atom is -0.478 e. The molecule has 0 radical (unpaired) electrons. The van der Waals surface area contributed by atoms with Crippen molar-refractivity contribution < 1.29 is 14.7 Å². The molecular weight excluding hydrogens is 230 g/mol. The van der Waals surface area contributed by atoms with E-state index in [4.69, 9.17) is 5.11 Å². The van der Waals surface area contributed by atoms with Gasteiger partial charge in [-0.3, -0.25) is 4.79 Å². The van der Waals surface area contributed by atoms with Gasteiger partial charge in [0.2, 0.25) is 5.91 Å². The number of carbonyl (C=O) groups excluding carboxylic acids is 1. The van der Waals surface area contributed by atoms with E-state index in [-0.39, 0.29) is 5.91 Å². The summed E-state index contributed by atoms with van der Waals surface area (Å²) in [4.78, 5) is 23.4. The molecule has 1 N–H and O–H groups in total. The van der Waals surface area contributed by atoms with E-state index < -0.39 is 5.97 Å². The zero-order chi connectivity index (χ0) is 13.7. The van der Waals surface area contributed by atoms with Gasteiger partial charge >= 0.3 is 5.97 Å². The molecule has 1 amide bonds. The first-order valence-corrected chi connectivity index (χ1v) is 5.62. The summed E-state index contributed by atoms with van der Waals surface area (Å²) in [5.74, 6) is -1.45. The van der Waals surface area contributed by atoms with Crippen LogP contribution >= 0.6 is 0 Å². The van der Waals surface area contributed by atoms with Crippen LogP contribution in [0, 0.1) is 13.8 Å². The molecule has 1 aromatic carbocycles. The Bertz CT molecular complexity index is 492. The van der Waals surface area contributed by atoms with Crippen molar-refractivity contribution in [2.24, 2.45) is 0 Å². The molecule has 0 saturated carbocycles. The molecule has 0 atom stereocenters. The van der Waals surface area contributed by atoms with E-state index in [0.717, 1.165) is 17.7 Å². The van der Waals surface area contributed by atoms with Gasteiger partial charge in [-0.1, -0.05) is 18.2 Å². The molecule has 4 nitrogen and oxygen atoms in total. The number of aliphatic carboxylic acids is 1. The molecule has 0 aliphatic heterocycles. The van der Waals surface area contributed by atoms with Gasteiger partial charge < -0.3 is 10.0 Å². The highest BCUT2D eigenvalue weighted by Crippen LogP contribution is 2.11. The third kappa shape index (κ3) is 4.05. The average Bonchev–Trinajstić information content (AvgIpc) is 2.30. The summed E-state index contributed by atoms with van der Waals surface area (Å²) in [6.07, 6.45) is 1.91. The van der Waals surface area contributed by atoms with Crippen molar-refractivity contribution in [3.8, 4) is 0 Å². The van der Waals surface area contributed by atoms with Crippen molar-refractivity contribution in [2.45, 2.75) is 20.4 Å². The first-order valence-electron chi connectivity index (χ1n) is 5.62. The van der Waals surface area contributed by atoms with Gasteiger partial charge in [0.15, 0.2) is 0 Å². The molecule has 0 saturated heterocycles. The molecule has 0 aliphatic carbocycles. The van der Waals surface area contributed by atoms with Crippen LogP contribution in [-0.4, -0.2) is 28.9 Å². The minimum absolute atomic E-state index is 0.323. The molecule has 96 valence electrons. The standard InChI is InChI=1S/C14H17NO3/c1-10-4-5-12(8-11(10)2)9-15(3)13(16)6-7-14(17)18/h4-8H,9H2,1-3H3,(H,17,18)/b7-6+. The smallest absolute Gasteiger partial charge is 0.328 e. The van der Waals surface area contributed by atoms with E-state index in [0.29, 0.717) is 6.54 Å². The molecule has 0 aromatic heterocycles. The summed E-state index contributed by atoms with van der Waals surface area (Å²) in [5, 5.41) is 8.44. The second-order valence-electron chi connectivity index (χ2n) is 4.28. The van der Waals surface area contributed by atoms with Crippen molar-refractivity contribution in [3.63, 3.8) is 0 Å². The van der Waals surface area contributed by atoms with Crippen LogP contribution in [-0.2, 0) is 16.1 Å². The highest BCUT2D eigenvalue weighted by atomic mass is 16.4. The third-order valence-corrected chi connectivity index (χ3v) is 2.74. The molecule has 0 bridgehead atoms. The van der Waals surface area contributed by atoms with Crippen molar-refractivity contribution in [2.75, 3.05) is 7.05 Å². The van der Waals surface area contributed by atoms with Gasteiger partial charge in [0, 0.05) is 25.7 Å². The Morgan fingerprint density at radius 2 is 1.89 bits per heavy atom. The fourth-order valence-corrected chi connectivity index (χ4v) is 1.52. The highest BCUT2D eigenvalue weighted by Gasteiger charge is 2.06. The maximum Gasteiger partial charge on any atom is 0.328 e. The van der Waals surface area contributed by atoms with Crippen LogP contribution in [0.15, 0.2) is 30.4 Å². The van der Waals surface area contributed by atoms with Crippen molar-refractivity contribution in [3.05, 3.63) is 47.0 Å². The van der Waals surface area contributed by atoms with Crippen LogP contribution in [0.5, 0.6) is 0 Å². The normalized spacial score (nSPS) is 10.6. The van der Waals surface area contributed by atoms with Crippen LogP contribution in [0.2, 0.25) is 0 Å². The first kappa shape index (κ1) is 14.0. The number of nitrogens with zero attached hydrogens (tertiary/aromatic N) is 1. The number of carboxylic acids is 1. The monoisotopic (exact) mass is 247 g/mol. The molecule has 0 aliphatic rings. The minimum atomic E-state index is -1.12. The number of benzene rings is 1. The summed E-state index contributed by atoms with van der Waals surface area (Å²) in [6.45, 7) is 4.51. The van der Waals surface area contributed by atoms with Crippen molar-refractivity contribution in [1.82, 2.24) is 4.90 Å². The van der Waals surface area contributed by atoms with Gasteiger partial charge in [-0.05, 0) is 30.5 Å². The Hall–Kier alpha value is -2.10. The average molecular weight is 247 g/mol. The van der Waals surface area contributed by atoms with Gasteiger partial charge in [0.25, 0.3) is 0 Å². The maximum absolute atomic E-state index is 11.6. The molecule has 0 heterocycles. The lowest BCUT2D eigenvalue weighted by Gasteiger charge is -2.15. The fourth-order valence-electron chi connectivity index (χ4n) is 1.52. The molecule has 0 spiro atoms. The summed E-state index contributed by atoms with van der Waals surface area (Å²) in [6, 6.07) is 6.00. The van der Waals surface area contributed by atoms with E-state index in [9.17, 15) is 9.59 Å². The molecule has 0 unspecified atom stereocenters. The SMILES string of the molecule is Cc1ccc(CN(C)C(=O)/C=C/C(=O)O)cc1C. The number of carbonyl (C=O) groups is 2. The van der Waals surface area contributed by atoms with Gasteiger partial charge in [-0.15, -0.1) is 0 Å².